The molecule has 0 amide bonds. The van der Waals surface area contributed by atoms with Crippen LogP contribution in [0.15, 0.2) is 52.1 Å². The van der Waals surface area contributed by atoms with Gasteiger partial charge in [-0.15, -0.1) is 0 Å². The molecule has 1 heterocycles. The van der Waals surface area contributed by atoms with Crippen molar-refractivity contribution in [2.75, 3.05) is 5.32 Å². The van der Waals surface area contributed by atoms with Crippen LogP contribution >= 0.6 is 15.9 Å². The van der Waals surface area contributed by atoms with Crippen LogP contribution in [-0.2, 0) is 16.4 Å². The smallest absolute Gasteiger partial charge is 0.341 e. The highest BCUT2D eigenvalue weighted by atomic mass is 79.9. The van der Waals surface area contributed by atoms with Crippen molar-refractivity contribution in [2.24, 2.45) is 0 Å². The molecule has 0 bridgehead atoms. The Kier molecular flexibility index (Phi) is 4.89. The highest BCUT2D eigenvalue weighted by Gasteiger charge is 2.28. The van der Waals surface area contributed by atoms with Crippen LogP contribution in [0.1, 0.15) is 5.56 Å². The highest BCUT2D eigenvalue weighted by molar-refractivity contribution is 9.10. The molecule has 0 radical (unpaired) electrons. The number of sulfone groups is 1. The second kappa shape index (κ2) is 6.48. The number of nitrogens with one attached hydrogen (secondary N) is 1. The van der Waals surface area contributed by atoms with Crippen LogP contribution in [0.25, 0.3) is 0 Å². The van der Waals surface area contributed by atoms with Gasteiger partial charge in [-0.05, 0) is 39.7 Å². The predicted octanol–water partition coefficient (Wildman–Crippen LogP) is 3.45. The van der Waals surface area contributed by atoms with E-state index in [2.05, 4.69) is 26.2 Å². The molecule has 2 aromatic rings. The van der Waals surface area contributed by atoms with Gasteiger partial charge in [0.25, 0.3) is 0 Å². The Morgan fingerprint density at radius 2 is 1.95 bits per heavy atom. The van der Waals surface area contributed by atoms with Gasteiger partial charge in [0.15, 0.2) is 0 Å². The Bertz CT molecular complexity index is 738. The van der Waals surface area contributed by atoms with Gasteiger partial charge in [-0.2, -0.15) is 8.78 Å². The molecule has 0 unspecified atom stereocenters. The third-order valence-corrected chi connectivity index (χ3v) is 4.54. The molecular weight excluding hydrogens is 366 g/mol. The van der Waals surface area contributed by atoms with E-state index in [1.807, 2.05) is 0 Å². The van der Waals surface area contributed by atoms with Gasteiger partial charge in [-0.3, -0.25) is 4.98 Å². The molecule has 0 atom stereocenters. The molecular formula is C13H11BrF2N2O2S. The average molecular weight is 377 g/mol. The standard InChI is InChI=1S/C13H11BrF2N2O2S/c14-10-5-9(6-17-8-10)7-18-11-3-1-2-4-12(11)21(19,20)13(15)16/h1-6,8,13,18H,7H2. The topological polar surface area (TPSA) is 59.1 Å². The summed E-state index contributed by atoms with van der Waals surface area (Å²) in [7, 11) is -4.64. The predicted molar refractivity (Wildman–Crippen MR) is 78.9 cm³/mol. The zero-order valence-electron chi connectivity index (χ0n) is 10.6. The summed E-state index contributed by atoms with van der Waals surface area (Å²) in [5.41, 5.74) is 0.923. The minimum Gasteiger partial charge on any atom is -0.380 e. The quantitative estimate of drug-likeness (QED) is 0.867. The van der Waals surface area contributed by atoms with Crippen LogP contribution in [-0.4, -0.2) is 19.2 Å². The number of benzene rings is 1. The van der Waals surface area contributed by atoms with E-state index in [9.17, 15) is 17.2 Å². The van der Waals surface area contributed by atoms with Gasteiger partial charge in [-0.1, -0.05) is 12.1 Å². The Hall–Kier alpha value is -1.54. The molecule has 4 nitrogen and oxygen atoms in total. The van der Waals surface area contributed by atoms with E-state index in [-0.39, 0.29) is 12.2 Å². The first-order valence-electron chi connectivity index (χ1n) is 5.85. The monoisotopic (exact) mass is 376 g/mol. The molecule has 0 aliphatic rings. The van der Waals surface area contributed by atoms with Crippen LogP contribution in [0.2, 0.25) is 0 Å². The van der Waals surface area contributed by atoms with E-state index in [1.54, 1.807) is 24.5 Å². The van der Waals surface area contributed by atoms with Gasteiger partial charge in [0, 0.05) is 23.4 Å². The summed E-state index contributed by atoms with van der Waals surface area (Å²) in [5, 5.41) is 2.84. The number of para-hydroxylation sites is 1. The summed E-state index contributed by atoms with van der Waals surface area (Å²) in [5.74, 6) is -3.45. The van der Waals surface area contributed by atoms with E-state index < -0.39 is 20.5 Å². The molecule has 8 heteroatoms. The second-order valence-corrected chi connectivity index (χ2v) is 6.97. The molecule has 0 fully saturated rings. The van der Waals surface area contributed by atoms with Gasteiger partial charge in [-0.25, -0.2) is 8.42 Å². The zero-order valence-corrected chi connectivity index (χ0v) is 13.0. The molecule has 0 spiro atoms. The van der Waals surface area contributed by atoms with Gasteiger partial charge in [0.1, 0.15) is 0 Å². The maximum atomic E-state index is 12.7. The van der Waals surface area contributed by atoms with E-state index in [4.69, 9.17) is 0 Å². The largest absolute Gasteiger partial charge is 0.380 e. The second-order valence-electron chi connectivity index (χ2n) is 4.17. The third kappa shape index (κ3) is 3.76. The van der Waals surface area contributed by atoms with E-state index in [0.717, 1.165) is 16.1 Å². The maximum Gasteiger partial charge on any atom is 0.341 e. The lowest BCUT2D eigenvalue weighted by atomic mass is 10.2. The van der Waals surface area contributed by atoms with E-state index in [1.165, 1.54) is 12.1 Å². The first-order valence-corrected chi connectivity index (χ1v) is 8.19. The number of nitrogens with zero attached hydrogens (tertiary/aromatic N) is 1. The maximum absolute atomic E-state index is 12.7. The van der Waals surface area contributed by atoms with Crippen LogP contribution in [0, 0.1) is 0 Å². The average Bonchev–Trinajstić information content (AvgIpc) is 2.45. The van der Waals surface area contributed by atoms with Crippen LogP contribution in [0.4, 0.5) is 14.5 Å². The number of pyridine rings is 1. The molecule has 2 rings (SSSR count). The van der Waals surface area contributed by atoms with Gasteiger partial charge < -0.3 is 5.32 Å². The van der Waals surface area contributed by atoms with Gasteiger partial charge >= 0.3 is 5.76 Å². The fourth-order valence-corrected chi connectivity index (χ4v) is 3.03. The minimum atomic E-state index is -4.64. The van der Waals surface area contributed by atoms with Crippen molar-refractivity contribution in [2.45, 2.75) is 17.2 Å². The SMILES string of the molecule is O=S(=O)(c1ccccc1NCc1cncc(Br)c1)C(F)F. The summed E-state index contributed by atoms with van der Waals surface area (Å²) >= 11 is 3.27. The molecule has 1 N–H and O–H groups in total. The molecule has 0 saturated heterocycles. The first kappa shape index (κ1) is 15.8. The van der Waals surface area contributed by atoms with Crippen LogP contribution in [0.3, 0.4) is 0 Å². The summed E-state index contributed by atoms with van der Waals surface area (Å²) in [6.07, 6.45) is 3.21. The fourth-order valence-electron chi connectivity index (χ4n) is 1.71. The Balaban J connectivity index is 2.26. The van der Waals surface area contributed by atoms with Crippen molar-refractivity contribution in [3.8, 4) is 0 Å². The number of hydrogen-bond donors (Lipinski definition) is 1. The van der Waals surface area contributed by atoms with Gasteiger partial charge in [0.2, 0.25) is 9.84 Å². The Labute approximate surface area is 129 Å². The zero-order chi connectivity index (χ0) is 15.5. The first-order chi connectivity index (χ1) is 9.91. The number of anilines is 1. The molecule has 112 valence electrons. The summed E-state index contributed by atoms with van der Waals surface area (Å²) in [6.45, 7) is 0.266. The van der Waals surface area contributed by atoms with Crippen molar-refractivity contribution >= 4 is 31.5 Å². The molecule has 0 saturated carbocycles. The van der Waals surface area contributed by atoms with Crippen molar-refractivity contribution in [1.29, 1.82) is 0 Å². The molecule has 1 aromatic carbocycles. The highest BCUT2D eigenvalue weighted by Crippen LogP contribution is 2.26. The lowest BCUT2D eigenvalue weighted by Gasteiger charge is -2.12. The molecule has 0 aliphatic heterocycles. The number of halogens is 3. The Morgan fingerprint density at radius 1 is 1.24 bits per heavy atom. The fraction of sp³-hybridized carbons (Fsp3) is 0.154. The van der Waals surface area contributed by atoms with E-state index >= 15 is 0 Å². The molecule has 0 aliphatic carbocycles. The van der Waals surface area contributed by atoms with Crippen molar-refractivity contribution in [3.63, 3.8) is 0 Å². The van der Waals surface area contributed by atoms with Crippen LogP contribution < -0.4 is 5.32 Å². The van der Waals surface area contributed by atoms with Crippen LogP contribution in [0.5, 0.6) is 0 Å². The van der Waals surface area contributed by atoms with E-state index in [0.29, 0.717) is 0 Å². The number of alkyl halides is 2. The van der Waals surface area contributed by atoms with Crippen molar-refractivity contribution < 1.29 is 17.2 Å². The lowest BCUT2D eigenvalue weighted by Crippen LogP contribution is -2.14. The van der Waals surface area contributed by atoms with Crippen molar-refractivity contribution in [3.05, 3.63) is 52.8 Å². The summed E-state index contributed by atoms with van der Waals surface area (Å²) < 4.78 is 49.3. The normalized spacial score (nSPS) is 11.6. The summed E-state index contributed by atoms with van der Waals surface area (Å²) in [4.78, 5) is 3.56. The minimum absolute atomic E-state index is 0.137. The molecule has 1 aromatic heterocycles. The number of aromatic nitrogens is 1. The summed E-state index contributed by atoms with van der Waals surface area (Å²) in [6, 6.07) is 7.38. The Morgan fingerprint density at radius 3 is 2.62 bits per heavy atom. The third-order valence-electron chi connectivity index (χ3n) is 2.67. The van der Waals surface area contributed by atoms with Gasteiger partial charge in [0.05, 0.1) is 10.6 Å². The lowest BCUT2D eigenvalue weighted by molar-refractivity contribution is 0.235. The number of rotatable bonds is 5. The van der Waals surface area contributed by atoms with Crippen molar-refractivity contribution in [1.82, 2.24) is 4.98 Å². The number of hydrogen-bond acceptors (Lipinski definition) is 4. The molecule has 21 heavy (non-hydrogen) atoms.